The van der Waals surface area contributed by atoms with Gasteiger partial charge in [0.25, 0.3) is 0 Å². The highest BCUT2D eigenvalue weighted by Crippen LogP contribution is 2.10. The topological polar surface area (TPSA) is 69.2 Å². The predicted molar refractivity (Wildman–Crippen MR) is 104 cm³/mol. The molecule has 0 spiro atoms. The Morgan fingerprint density at radius 3 is 2.61 bits per heavy atom. The molecular weight excluding hydrogens is 368 g/mol. The van der Waals surface area contributed by atoms with E-state index in [2.05, 4.69) is 25.4 Å². The highest BCUT2D eigenvalue weighted by atomic mass is 19.1. The monoisotopic (exact) mass is 397 g/mol. The molecule has 1 fully saturated rings. The fourth-order valence-electron chi connectivity index (χ4n) is 3.05. The van der Waals surface area contributed by atoms with Gasteiger partial charge in [0.1, 0.15) is 11.6 Å². The lowest BCUT2D eigenvalue weighted by Gasteiger charge is -2.36. The van der Waals surface area contributed by atoms with E-state index in [0.29, 0.717) is 38.2 Å². The molecule has 1 aromatic rings. The standard InChI is InChI=1S/C19H29F2N5O2/c1-22-19(24-6-5-15-13-16(20)3-4-17(15)21)26-10-8-25(9-11-26)14-18(27)23-7-12-28-2/h3-4,13H,5-12,14H2,1-2H3,(H,22,24)(H,23,27). The average Bonchev–Trinajstić information content (AvgIpc) is 2.69. The largest absolute Gasteiger partial charge is 0.383 e. The number of methoxy groups -OCH3 is 1. The predicted octanol–water partition coefficient (Wildman–Crippen LogP) is 0.463. The van der Waals surface area contributed by atoms with Gasteiger partial charge >= 0.3 is 0 Å². The number of aliphatic imine (C=N–C) groups is 1. The summed E-state index contributed by atoms with van der Waals surface area (Å²) >= 11 is 0. The summed E-state index contributed by atoms with van der Waals surface area (Å²) in [6.07, 6.45) is 0.365. The summed E-state index contributed by atoms with van der Waals surface area (Å²) in [5, 5.41) is 6.01. The molecule has 0 aliphatic carbocycles. The van der Waals surface area contributed by atoms with Crippen LogP contribution in [0, 0.1) is 11.6 Å². The number of carbonyl (C=O) groups is 1. The van der Waals surface area contributed by atoms with Crippen LogP contribution in [0.1, 0.15) is 5.56 Å². The first-order chi connectivity index (χ1) is 13.5. The van der Waals surface area contributed by atoms with Crippen molar-refractivity contribution >= 4 is 11.9 Å². The number of guanidine groups is 1. The van der Waals surface area contributed by atoms with Crippen molar-refractivity contribution in [1.29, 1.82) is 0 Å². The Labute approximate surface area is 164 Å². The van der Waals surface area contributed by atoms with Crippen LogP contribution in [0.2, 0.25) is 0 Å². The van der Waals surface area contributed by atoms with Crippen molar-refractivity contribution in [2.75, 3.05) is 66.6 Å². The number of piperazine rings is 1. The lowest BCUT2D eigenvalue weighted by atomic mass is 10.1. The number of nitrogens with one attached hydrogen (secondary N) is 2. The van der Waals surface area contributed by atoms with Gasteiger partial charge in [-0.25, -0.2) is 8.78 Å². The van der Waals surface area contributed by atoms with Crippen LogP contribution in [-0.2, 0) is 16.0 Å². The maximum atomic E-state index is 13.7. The normalized spacial score (nSPS) is 15.6. The third-order valence-electron chi connectivity index (χ3n) is 4.56. The third kappa shape index (κ3) is 7.05. The number of hydrogen-bond donors (Lipinski definition) is 2. The van der Waals surface area contributed by atoms with E-state index in [1.54, 1.807) is 14.2 Å². The highest BCUT2D eigenvalue weighted by Gasteiger charge is 2.21. The summed E-state index contributed by atoms with van der Waals surface area (Å²) in [4.78, 5) is 20.3. The summed E-state index contributed by atoms with van der Waals surface area (Å²) in [6.45, 7) is 4.79. The Kier molecular flexibility index (Phi) is 9.09. The Bertz CT molecular complexity index is 664. The molecule has 2 rings (SSSR count). The minimum atomic E-state index is -0.442. The van der Waals surface area contributed by atoms with Gasteiger partial charge in [0.15, 0.2) is 5.96 Å². The Morgan fingerprint density at radius 1 is 1.18 bits per heavy atom. The zero-order valence-corrected chi connectivity index (χ0v) is 16.5. The Hall–Kier alpha value is -2.26. The summed E-state index contributed by atoms with van der Waals surface area (Å²) < 4.78 is 31.9. The molecule has 1 aromatic carbocycles. The van der Waals surface area contributed by atoms with Gasteiger partial charge in [-0.05, 0) is 30.2 Å². The first-order valence-corrected chi connectivity index (χ1v) is 9.41. The van der Waals surface area contributed by atoms with Crippen LogP contribution in [0.15, 0.2) is 23.2 Å². The Morgan fingerprint density at radius 2 is 1.93 bits per heavy atom. The fraction of sp³-hybridized carbons (Fsp3) is 0.579. The minimum absolute atomic E-state index is 0.00914. The van der Waals surface area contributed by atoms with Crippen LogP contribution in [0.3, 0.4) is 0 Å². The van der Waals surface area contributed by atoms with Crippen molar-refractivity contribution in [3.05, 3.63) is 35.4 Å². The number of hydrogen-bond acceptors (Lipinski definition) is 4. The maximum Gasteiger partial charge on any atom is 0.234 e. The van der Waals surface area contributed by atoms with Crippen LogP contribution in [0.25, 0.3) is 0 Å². The second kappa shape index (κ2) is 11.6. The molecule has 1 saturated heterocycles. The van der Waals surface area contributed by atoms with E-state index < -0.39 is 11.6 Å². The molecule has 9 heteroatoms. The molecular formula is C19H29F2N5O2. The number of benzene rings is 1. The van der Waals surface area contributed by atoms with Crippen molar-refractivity contribution < 1.29 is 18.3 Å². The van der Waals surface area contributed by atoms with Crippen LogP contribution < -0.4 is 10.6 Å². The van der Waals surface area contributed by atoms with Crippen LogP contribution in [-0.4, -0.2) is 88.2 Å². The van der Waals surface area contributed by atoms with Gasteiger partial charge in [-0.2, -0.15) is 0 Å². The summed E-state index contributed by atoms with van der Waals surface area (Å²) in [6, 6.07) is 3.48. The van der Waals surface area contributed by atoms with E-state index in [9.17, 15) is 13.6 Å². The van der Waals surface area contributed by atoms with E-state index in [1.165, 1.54) is 6.07 Å². The molecule has 0 aromatic heterocycles. The van der Waals surface area contributed by atoms with Crippen LogP contribution in [0.5, 0.6) is 0 Å². The zero-order valence-electron chi connectivity index (χ0n) is 16.5. The van der Waals surface area contributed by atoms with Crippen LogP contribution >= 0.6 is 0 Å². The second-order valence-corrected chi connectivity index (χ2v) is 6.57. The van der Waals surface area contributed by atoms with E-state index in [0.717, 1.165) is 44.3 Å². The number of carbonyl (C=O) groups excluding carboxylic acids is 1. The first kappa shape index (κ1) is 22.0. The molecule has 0 atom stereocenters. The molecule has 156 valence electrons. The number of ether oxygens (including phenoxy) is 1. The van der Waals surface area contributed by atoms with Gasteiger partial charge in [0.2, 0.25) is 5.91 Å². The molecule has 0 unspecified atom stereocenters. The Balaban J connectivity index is 1.72. The third-order valence-corrected chi connectivity index (χ3v) is 4.56. The van der Waals surface area contributed by atoms with E-state index >= 15 is 0 Å². The number of halogens is 2. The van der Waals surface area contributed by atoms with Crippen molar-refractivity contribution in [2.45, 2.75) is 6.42 Å². The van der Waals surface area contributed by atoms with E-state index in [-0.39, 0.29) is 5.91 Å². The molecule has 0 bridgehead atoms. The lowest BCUT2D eigenvalue weighted by molar-refractivity contribution is -0.122. The molecule has 0 saturated carbocycles. The lowest BCUT2D eigenvalue weighted by Crippen LogP contribution is -2.54. The molecule has 1 heterocycles. The van der Waals surface area contributed by atoms with Crippen molar-refractivity contribution in [3.8, 4) is 0 Å². The van der Waals surface area contributed by atoms with Gasteiger partial charge in [0, 0.05) is 53.4 Å². The molecule has 1 aliphatic rings. The van der Waals surface area contributed by atoms with Crippen molar-refractivity contribution in [1.82, 2.24) is 20.4 Å². The van der Waals surface area contributed by atoms with E-state index in [1.807, 2.05) is 0 Å². The molecule has 7 nitrogen and oxygen atoms in total. The number of rotatable bonds is 8. The number of nitrogens with zero attached hydrogens (tertiary/aromatic N) is 3. The van der Waals surface area contributed by atoms with Gasteiger partial charge < -0.3 is 20.3 Å². The summed E-state index contributed by atoms with van der Waals surface area (Å²) in [5.74, 6) is -0.134. The SMILES string of the molecule is CN=C(NCCc1cc(F)ccc1F)N1CCN(CC(=O)NCCOC)CC1. The molecule has 0 radical (unpaired) electrons. The molecule has 2 N–H and O–H groups in total. The van der Waals surface area contributed by atoms with Gasteiger partial charge in [-0.1, -0.05) is 0 Å². The molecule has 1 amide bonds. The fourth-order valence-corrected chi connectivity index (χ4v) is 3.05. The second-order valence-electron chi connectivity index (χ2n) is 6.57. The van der Waals surface area contributed by atoms with Gasteiger partial charge in [-0.3, -0.25) is 14.7 Å². The van der Waals surface area contributed by atoms with Gasteiger partial charge in [0.05, 0.1) is 13.2 Å². The smallest absolute Gasteiger partial charge is 0.234 e. The van der Waals surface area contributed by atoms with Crippen LogP contribution in [0.4, 0.5) is 8.78 Å². The maximum absolute atomic E-state index is 13.7. The summed E-state index contributed by atoms with van der Waals surface area (Å²) in [7, 11) is 3.29. The van der Waals surface area contributed by atoms with E-state index in [4.69, 9.17) is 4.74 Å². The number of amides is 1. The zero-order chi connectivity index (χ0) is 20.4. The minimum Gasteiger partial charge on any atom is -0.383 e. The quantitative estimate of drug-likeness (QED) is 0.379. The van der Waals surface area contributed by atoms with Gasteiger partial charge in [-0.15, -0.1) is 0 Å². The average molecular weight is 397 g/mol. The van der Waals surface area contributed by atoms with Crippen molar-refractivity contribution in [2.24, 2.45) is 4.99 Å². The molecule has 28 heavy (non-hydrogen) atoms. The molecule has 1 aliphatic heterocycles. The highest BCUT2D eigenvalue weighted by molar-refractivity contribution is 5.80. The summed E-state index contributed by atoms with van der Waals surface area (Å²) in [5.41, 5.74) is 0.340. The first-order valence-electron chi connectivity index (χ1n) is 9.41. The van der Waals surface area contributed by atoms with Crippen molar-refractivity contribution in [3.63, 3.8) is 0 Å².